The smallest absolute Gasteiger partial charge is 0.222 e. The Kier molecular flexibility index (Phi) is 2.68. The Labute approximate surface area is 130 Å². The van der Waals surface area contributed by atoms with Gasteiger partial charge in [0.15, 0.2) is 11.4 Å². The summed E-state index contributed by atoms with van der Waals surface area (Å²) in [6.07, 6.45) is 0.918. The van der Waals surface area contributed by atoms with Crippen LogP contribution in [0.2, 0.25) is 0 Å². The van der Waals surface area contributed by atoms with E-state index in [0.29, 0.717) is 0 Å². The lowest BCUT2D eigenvalue weighted by molar-refractivity contribution is 0.0546. The Morgan fingerprint density at radius 3 is 2.14 bits per heavy atom. The average molecular weight is 291 g/mol. The van der Waals surface area contributed by atoms with Crippen molar-refractivity contribution in [1.82, 2.24) is 9.60 Å². The van der Waals surface area contributed by atoms with Crippen LogP contribution < -0.4 is 4.59 Å². The van der Waals surface area contributed by atoms with E-state index in [0.717, 1.165) is 28.9 Å². The summed E-state index contributed by atoms with van der Waals surface area (Å²) in [5.74, 6) is 0.145. The maximum absolute atomic E-state index is 13.4. The van der Waals surface area contributed by atoms with Gasteiger partial charge in [-0.1, -0.05) is 31.2 Å². The minimum absolute atomic E-state index is 0.145. The Hall–Kier alpha value is -2.23. The zero-order chi connectivity index (χ0) is 15.5. The van der Waals surface area contributed by atoms with Crippen LogP contribution in [-0.2, 0) is 0 Å². The normalized spacial score (nSPS) is 22.1. The second kappa shape index (κ2) is 4.38. The van der Waals surface area contributed by atoms with Gasteiger partial charge < -0.3 is 0 Å². The molecule has 2 aliphatic heterocycles. The fourth-order valence-electron chi connectivity index (χ4n) is 4.01. The quantitative estimate of drug-likeness (QED) is 0.782. The number of hydrogen-bond acceptors (Lipinski definition) is 2. The first-order chi connectivity index (χ1) is 10.6. The molecule has 2 heterocycles. The number of nitrogens with zero attached hydrogens (tertiary/aromatic N) is 2. The molecule has 0 radical (unpaired) electrons. The van der Waals surface area contributed by atoms with E-state index >= 15 is 0 Å². The number of allylic oxidation sites excluding steroid dienone is 1. The molecule has 3 nitrogen and oxygen atoms in total. The van der Waals surface area contributed by atoms with E-state index < -0.39 is 0 Å². The molecule has 1 unspecified atom stereocenters. The summed E-state index contributed by atoms with van der Waals surface area (Å²) in [5.41, 5.74) is 6.59. The van der Waals surface area contributed by atoms with Crippen LogP contribution in [0.1, 0.15) is 34.8 Å². The van der Waals surface area contributed by atoms with E-state index in [9.17, 15) is 4.79 Å². The van der Waals surface area contributed by atoms with E-state index in [1.54, 1.807) is 0 Å². The van der Waals surface area contributed by atoms with E-state index in [2.05, 4.69) is 31.2 Å². The molecule has 1 amide bonds. The van der Waals surface area contributed by atoms with Crippen molar-refractivity contribution in [3.63, 3.8) is 0 Å². The molecule has 110 valence electrons. The molecule has 1 atom stereocenters. The number of para-hydroxylation sites is 1. The molecule has 0 saturated heterocycles. The number of hydrogen-bond donors (Lipinski definition) is 0. The maximum Gasteiger partial charge on any atom is 0.376 e. The predicted molar refractivity (Wildman–Crippen MR) is 89.8 cm³/mol. The first-order valence-corrected chi connectivity index (χ1v) is 7.68. The van der Waals surface area contributed by atoms with Gasteiger partial charge in [0.2, 0.25) is 0 Å². The van der Waals surface area contributed by atoms with Crippen LogP contribution in [-0.4, -0.2) is 25.0 Å². The molecule has 0 aliphatic carbocycles. The third-order valence-electron chi connectivity index (χ3n) is 4.85. The standard InChI is InChI=1S/C19H19N2O/c1-4-13-14-9-7-8-12-17(14)21(20(2)3)18(13)15-10-5-6-11-16(15)19(21)22/h5-12H,4H2,1-3H3/q+1. The molecule has 2 aromatic rings. The van der Waals surface area contributed by atoms with Gasteiger partial charge in [-0.05, 0) is 24.6 Å². The van der Waals surface area contributed by atoms with Crippen LogP contribution >= 0.6 is 0 Å². The van der Waals surface area contributed by atoms with Gasteiger partial charge in [-0.2, -0.15) is 0 Å². The third-order valence-corrected chi connectivity index (χ3v) is 4.85. The number of rotatable bonds is 2. The van der Waals surface area contributed by atoms with Crippen molar-refractivity contribution in [1.29, 1.82) is 0 Å². The maximum atomic E-state index is 13.4. The topological polar surface area (TPSA) is 20.3 Å². The van der Waals surface area contributed by atoms with E-state index in [1.807, 2.05) is 43.4 Å². The fourth-order valence-corrected chi connectivity index (χ4v) is 4.01. The zero-order valence-electron chi connectivity index (χ0n) is 13.1. The van der Waals surface area contributed by atoms with Gasteiger partial charge in [0.1, 0.15) is 0 Å². The lowest BCUT2D eigenvalue weighted by atomic mass is 9.99. The third kappa shape index (κ3) is 1.31. The van der Waals surface area contributed by atoms with Gasteiger partial charge in [0.25, 0.3) is 0 Å². The molecule has 0 spiro atoms. The lowest BCUT2D eigenvalue weighted by Gasteiger charge is -2.34. The molecule has 0 fully saturated rings. The lowest BCUT2D eigenvalue weighted by Crippen LogP contribution is -2.57. The van der Waals surface area contributed by atoms with E-state index in [4.69, 9.17) is 0 Å². The van der Waals surface area contributed by atoms with Gasteiger partial charge in [-0.25, -0.2) is 4.79 Å². The highest BCUT2D eigenvalue weighted by Crippen LogP contribution is 2.56. The summed E-state index contributed by atoms with van der Waals surface area (Å²) in [5, 5.41) is 2.03. The molecule has 3 heteroatoms. The minimum atomic E-state index is 0.145. The Bertz CT molecular complexity index is 835. The Morgan fingerprint density at radius 1 is 0.909 bits per heavy atom. The second-order valence-corrected chi connectivity index (χ2v) is 6.03. The summed E-state index contributed by atoms with van der Waals surface area (Å²) in [6.45, 7) is 2.17. The molecule has 0 N–H and O–H groups in total. The number of carbonyl (C=O) groups excluding carboxylic acids is 1. The van der Waals surface area contributed by atoms with Crippen LogP contribution in [0.3, 0.4) is 0 Å². The van der Waals surface area contributed by atoms with Crippen molar-refractivity contribution < 1.29 is 4.79 Å². The predicted octanol–water partition coefficient (Wildman–Crippen LogP) is 3.92. The molecule has 2 aromatic carbocycles. The first-order valence-electron chi connectivity index (χ1n) is 7.68. The van der Waals surface area contributed by atoms with Crippen LogP contribution in [0.5, 0.6) is 0 Å². The molecule has 22 heavy (non-hydrogen) atoms. The highest BCUT2D eigenvalue weighted by atomic mass is 16.2. The first kappa shape index (κ1) is 13.4. The number of fused-ring (bicyclic) bond motifs is 5. The van der Waals surface area contributed by atoms with Crippen molar-refractivity contribution in [3.8, 4) is 0 Å². The van der Waals surface area contributed by atoms with Crippen molar-refractivity contribution in [3.05, 3.63) is 65.2 Å². The van der Waals surface area contributed by atoms with Crippen molar-refractivity contribution in [2.24, 2.45) is 0 Å². The largest absolute Gasteiger partial charge is 0.376 e. The average Bonchev–Trinajstić information content (AvgIpc) is 2.98. The molecule has 2 aliphatic rings. The number of carbonyl (C=O) groups is 1. The molecule has 0 aromatic heterocycles. The fraction of sp³-hybridized carbons (Fsp3) is 0.211. The molecule has 0 bridgehead atoms. The highest BCUT2D eigenvalue weighted by Gasteiger charge is 2.60. The molecule has 4 rings (SSSR count). The van der Waals surface area contributed by atoms with E-state index in [1.165, 1.54) is 11.1 Å². The van der Waals surface area contributed by atoms with Gasteiger partial charge >= 0.3 is 5.91 Å². The van der Waals surface area contributed by atoms with Crippen LogP contribution in [0.15, 0.2) is 48.5 Å². The summed E-state index contributed by atoms with van der Waals surface area (Å²) in [6, 6.07) is 16.3. The molecule has 0 saturated carbocycles. The zero-order valence-corrected chi connectivity index (χ0v) is 13.1. The highest BCUT2D eigenvalue weighted by molar-refractivity contribution is 6.25. The summed E-state index contributed by atoms with van der Waals surface area (Å²) >= 11 is 0. The Balaban J connectivity index is 2.18. The molecular formula is C19H19N2O+. The van der Waals surface area contributed by atoms with Crippen LogP contribution in [0, 0.1) is 0 Å². The van der Waals surface area contributed by atoms with Crippen molar-refractivity contribution in [2.75, 3.05) is 14.1 Å². The molecular weight excluding hydrogens is 272 g/mol. The van der Waals surface area contributed by atoms with Gasteiger partial charge in [0.05, 0.1) is 11.1 Å². The van der Waals surface area contributed by atoms with Crippen molar-refractivity contribution in [2.45, 2.75) is 13.3 Å². The monoisotopic (exact) mass is 291 g/mol. The number of amides is 1. The van der Waals surface area contributed by atoms with Crippen molar-refractivity contribution >= 4 is 22.9 Å². The van der Waals surface area contributed by atoms with Crippen LogP contribution in [0.4, 0.5) is 5.69 Å². The summed E-state index contributed by atoms with van der Waals surface area (Å²) in [4.78, 5) is 13.4. The minimum Gasteiger partial charge on any atom is -0.222 e. The number of benzene rings is 2. The van der Waals surface area contributed by atoms with E-state index in [-0.39, 0.29) is 10.5 Å². The Morgan fingerprint density at radius 2 is 1.50 bits per heavy atom. The second-order valence-electron chi connectivity index (χ2n) is 6.03. The van der Waals surface area contributed by atoms with Gasteiger partial charge in [-0.15, -0.1) is 9.60 Å². The summed E-state index contributed by atoms with van der Waals surface area (Å²) < 4.78 is 0.193. The van der Waals surface area contributed by atoms with Gasteiger partial charge in [-0.3, -0.25) is 0 Å². The van der Waals surface area contributed by atoms with Crippen LogP contribution in [0.25, 0.3) is 11.3 Å². The summed E-state index contributed by atoms with van der Waals surface area (Å²) in [7, 11) is 3.97. The SMILES string of the molecule is CCC1=C2c3ccccc3C(=O)[N+]2(N(C)C)c2ccccc21. The van der Waals surface area contributed by atoms with Gasteiger partial charge in [0, 0.05) is 31.3 Å². The number of quaternary nitrogens is 1.